The normalized spacial score (nSPS) is 14.2. The number of hydrogen-bond donors (Lipinski definition) is 1. The molecule has 1 aromatic heterocycles. The SMILES string of the molecule is CNCc1nc(C(C)S(C)(=O)=O)no1. The summed E-state index contributed by atoms with van der Waals surface area (Å²) in [6, 6.07) is 0. The van der Waals surface area contributed by atoms with Crippen LogP contribution in [0.2, 0.25) is 0 Å². The lowest BCUT2D eigenvalue weighted by Gasteiger charge is -2.01. The zero-order chi connectivity index (χ0) is 10.8. The molecule has 1 unspecified atom stereocenters. The van der Waals surface area contributed by atoms with Gasteiger partial charge in [-0.25, -0.2) is 8.42 Å². The third-order valence-corrected chi connectivity index (χ3v) is 3.31. The van der Waals surface area contributed by atoms with Crippen LogP contribution in [0.1, 0.15) is 23.9 Å². The lowest BCUT2D eigenvalue weighted by Crippen LogP contribution is -2.10. The van der Waals surface area contributed by atoms with E-state index in [1.807, 2.05) is 0 Å². The highest BCUT2D eigenvalue weighted by Gasteiger charge is 2.22. The lowest BCUT2D eigenvalue weighted by atomic mass is 10.4. The Morgan fingerprint density at radius 1 is 1.57 bits per heavy atom. The molecule has 0 aliphatic heterocycles. The molecule has 0 amide bonds. The summed E-state index contributed by atoms with van der Waals surface area (Å²) in [6.07, 6.45) is 1.14. The Morgan fingerprint density at radius 3 is 2.71 bits per heavy atom. The smallest absolute Gasteiger partial charge is 0.240 e. The maximum atomic E-state index is 11.2. The molecule has 1 N–H and O–H groups in total. The van der Waals surface area contributed by atoms with Crippen LogP contribution in [0.5, 0.6) is 0 Å². The standard InChI is InChI=1S/C7H13N3O3S/c1-5(14(3,11)12)7-9-6(4-8-2)13-10-7/h5,8H,4H2,1-3H3. The number of hydrogen-bond acceptors (Lipinski definition) is 6. The summed E-state index contributed by atoms with van der Waals surface area (Å²) in [5, 5.41) is 5.70. The van der Waals surface area contributed by atoms with Gasteiger partial charge in [-0.1, -0.05) is 5.16 Å². The number of sulfone groups is 1. The molecule has 0 saturated carbocycles. The van der Waals surface area contributed by atoms with Gasteiger partial charge in [0, 0.05) is 6.26 Å². The second-order valence-corrected chi connectivity index (χ2v) is 5.41. The Bertz CT molecular complexity index is 398. The van der Waals surface area contributed by atoms with E-state index in [0.29, 0.717) is 12.4 Å². The van der Waals surface area contributed by atoms with Crippen molar-refractivity contribution in [3.63, 3.8) is 0 Å². The Labute approximate surface area is 82.6 Å². The van der Waals surface area contributed by atoms with E-state index in [0.717, 1.165) is 6.26 Å². The van der Waals surface area contributed by atoms with Crippen molar-refractivity contribution < 1.29 is 12.9 Å². The first-order valence-electron chi connectivity index (χ1n) is 4.11. The average Bonchev–Trinajstić information content (AvgIpc) is 2.50. The van der Waals surface area contributed by atoms with Crippen LogP contribution in [0.25, 0.3) is 0 Å². The van der Waals surface area contributed by atoms with Gasteiger partial charge in [0.15, 0.2) is 15.7 Å². The minimum atomic E-state index is -3.16. The van der Waals surface area contributed by atoms with Crippen molar-refractivity contribution in [2.24, 2.45) is 0 Å². The van der Waals surface area contributed by atoms with Gasteiger partial charge in [0.05, 0.1) is 6.54 Å². The summed E-state index contributed by atoms with van der Waals surface area (Å²) in [5.41, 5.74) is 0. The minimum Gasteiger partial charge on any atom is -0.338 e. The number of aromatic nitrogens is 2. The molecular formula is C7H13N3O3S. The summed E-state index contributed by atoms with van der Waals surface area (Å²) in [6.45, 7) is 1.97. The molecule has 80 valence electrons. The van der Waals surface area contributed by atoms with Crippen molar-refractivity contribution in [2.75, 3.05) is 13.3 Å². The highest BCUT2D eigenvalue weighted by atomic mass is 32.2. The van der Waals surface area contributed by atoms with Crippen molar-refractivity contribution in [3.05, 3.63) is 11.7 Å². The predicted molar refractivity (Wildman–Crippen MR) is 50.3 cm³/mol. The van der Waals surface area contributed by atoms with E-state index >= 15 is 0 Å². The summed E-state index contributed by atoms with van der Waals surface area (Å²) in [5.74, 6) is 0.593. The first-order chi connectivity index (χ1) is 6.45. The quantitative estimate of drug-likeness (QED) is 0.760. The second kappa shape index (κ2) is 4.05. The number of nitrogens with one attached hydrogen (secondary N) is 1. The molecular weight excluding hydrogens is 206 g/mol. The highest BCUT2D eigenvalue weighted by Crippen LogP contribution is 2.17. The molecule has 1 aromatic rings. The van der Waals surface area contributed by atoms with Gasteiger partial charge in [0.1, 0.15) is 5.25 Å². The molecule has 1 heterocycles. The van der Waals surface area contributed by atoms with Gasteiger partial charge < -0.3 is 9.84 Å². The first-order valence-corrected chi connectivity index (χ1v) is 6.06. The topological polar surface area (TPSA) is 85.1 Å². The molecule has 1 atom stereocenters. The van der Waals surface area contributed by atoms with Gasteiger partial charge in [0.2, 0.25) is 5.89 Å². The Balaban J connectivity index is 2.87. The van der Waals surface area contributed by atoms with Crippen LogP contribution in [-0.2, 0) is 16.4 Å². The van der Waals surface area contributed by atoms with Crippen LogP contribution in [0.4, 0.5) is 0 Å². The summed E-state index contributed by atoms with van der Waals surface area (Å²) in [4.78, 5) is 3.95. The Hall–Kier alpha value is -0.950. The van der Waals surface area contributed by atoms with Gasteiger partial charge in [0.25, 0.3) is 0 Å². The van der Waals surface area contributed by atoms with Gasteiger partial charge in [-0.3, -0.25) is 0 Å². The summed E-state index contributed by atoms with van der Waals surface area (Å²) >= 11 is 0. The van der Waals surface area contributed by atoms with Gasteiger partial charge in [-0.15, -0.1) is 0 Å². The maximum absolute atomic E-state index is 11.2. The van der Waals surface area contributed by atoms with E-state index in [4.69, 9.17) is 4.52 Å². The van der Waals surface area contributed by atoms with E-state index in [9.17, 15) is 8.42 Å². The van der Waals surface area contributed by atoms with E-state index in [1.165, 1.54) is 6.92 Å². The van der Waals surface area contributed by atoms with Crippen molar-refractivity contribution in [3.8, 4) is 0 Å². The average molecular weight is 219 g/mol. The molecule has 14 heavy (non-hydrogen) atoms. The summed E-state index contributed by atoms with van der Waals surface area (Å²) in [7, 11) is -1.42. The maximum Gasteiger partial charge on any atom is 0.240 e. The zero-order valence-corrected chi connectivity index (χ0v) is 9.13. The third-order valence-electron chi connectivity index (χ3n) is 1.82. The van der Waals surface area contributed by atoms with Crippen LogP contribution in [0.15, 0.2) is 4.52 Å². The van der Waals surface area contributed by atoms with E-state index in [1.54, 1.807) is 7.05 Å². The minimum absolute atomic E-state index is 0.206. The molecule has 0 fully saturated rings. The van der Waals surface area contributed by atoms with Gasteiger partial charge in [-0.2, -0.15) is 4.98 Å². The Morgan fingerprint density at radius 2 is 2.21 bits per heavy atom. The molecule has 0 saturated heterocycles. The molecule has 0 radical (unpaired) electrons. The number of nitrogens with zero attached hydrogens (tertiary/aromatic N) is 2. The van der Waals surface area contributed by atoms with Crippen molar-refractivity contribution in [1.29, 1.82) is 0 Å². The Kier molecular flexibility index (Phi) is 3.22. The van der Waals surface area contributed by atoms with Crippen LogP contribution in [0, 0.1) is 0 Å². The lowest BCUT2D eigenvalue weighted by molar-refractivity contribution is 0.366. The third kappa shape index (κ3) is 2.52. The number of rotatable bonds is 4. The van der Waals surface area contributed by atoms with Crippen LogP contribution in [0.3, 0.4) is 0 Å². The van der Waals surface area contributed by atoms with Crippen LogP contribution >= 0.6 is 0 Å². The zero-order valence-electron chi connectivity index (χ0n) is 8.31. The monoisotopic (exact) mass is 219 g/mol. The van der Waals surface area contributed by atoms with Crippen molar-refractivity contribution in [2.45, 2.75) is 18.7 Å². The summed E-state index contributed by atoms with van der Waals surface area (Å²) < 4.78 is 27.2. The fourth-order valence-electron chi connectivity index (χ4n) is 0.848. The fourth-order valence-corrected chi connectivity index (χ4v) is 1.33. The van der Waals surface area contributed by atoms with Gasteiger partial charge in [-0.05, 0) is 14.0 Å². The molecule has 0 aromatic carbocycles. The molecule has 0 bridgehead atoms. The fraction of sp³-hybridized carbons (Fsp3) is 0.714. The largest absolute Gasteiger partial charge is 0.338 e. The van der Waals surface area contributed by atoms with Crippen LogP contribution < -0.4 is 5.32 Å². The van der Waals surface area contributed by atoms with E-state index in [-0.39, 0.29) is 5.82 Å². The van der Waals surface area contributed by atoms with Crippen molar-refractivity contribution in [1.82, 2.24) is 15.5 Å². The molecule has 0 aliphatic carbocycles. The first kappa shape index (κ1) is 11.1. The van der Waals surface area contributed by atoms with Gasteiger partial charge >= 0.3 is 0 Å². The van der Waals surface area contributed by atoms with E-state index < -0.39 is 15.1 Å². The second-order valence-electron chi connectivity index (χ2n) is 3.05. The van der Waals surface area contributed by atoms with Crippen LogP contribution in [-0.4, -0.2) is 31.9 Å². The molecule has 0 spiro atoms. The van der Waals surface area contributed by atoms with E-state index in [2.05, 4.69) is 15.5 Å². The molecule has 7 heteroatoms. The predicted octanol–water partition coefficient (Wildman–Crippen LogP) is -0.105. The van der Waals surface area contributed by atoms with Crippen molar-refractivity contribution >= 4 is 9.84 Å². The molecule has 0 aliphatic rings. The molecule has 6 nitrogen and oxygen atoms in total. The highest BCUT2D eigenvalue weighted by molar-refractivity contribution is 7.90. The molecule has 1 rings (SSSR count).